The Morgan fingerprint density at radius 1 is 1.50 bits per heavy atom. The van der Waals surface area contributed by atoms with Gasteiger partial charge in [-0.1, -0.05) is 24.8 Å². The van der Waals surface area contributed by atoms with Crippen molar-refractivity contribution in [3.63, 3.8) is 0 Å². The highest BCUT2D eigenvalue weighted by molar-refractivity contribution is 5.52. The molecule has 0 unspecified atom stereocenters. The monoisotopic (exact) mass is 138 g/mol. The van der Waals surface area contributed by atoms with E-state index in [9.17, 15) is 4.79 Å². The van der Waals surface area contributed by atoms with Crippen molar-refractivity contribution in [2.75, 3.05) is 0 Å². The van der Waals surface area contributed by atoms with Gasteiger partial charge in [0, 0.05) is 6.42 Å². The third kappa shape index (κ3) is 6.69. The largest absolute Gasteiger partial charge is 0.509 e. The van der Waals surface area contributed by atoms with Gasteiger partial charge in [0.1, 0.15) is 12.0 Å². The molecule has 0 atom stereocenters. The Labute approximate surface area is 60.2 Å². The smallest absolute Gasteiger partial charge is 0.123 e. The van der Waals surface area contributed by atoms with Crippen LogP contribution in [-0.2, 0) is 4.79 Å². The highest BCUT2D eigenvalue weighted by Crippen LogP contribution is 1.86. The number of carbonyl (C=O) groups is 1. The van der Waals surface area contributed by atoms with Crippen LogP contribution in [0.15, 0.2) is 36.6 Å². The fraction of sp³-hybridized carbons (Fsp3) is 0.125. The Hall–Kier alpha value is -1.31. The van der Waals surface area contributed by atoms with E-state index in [1.165, 1.54) is 6.08 Å². The highest BCUT2D eigenvalue weighted by atomic mass is 16.3. The maximum absolute atomic E-state index is 9.76. The number of rotatable bonds is 4. The fourth-order valence-corrected chi connectivity index (χ4v) is 0.379. The van der Waals surface area contributed by atoms with Crippen molar-refractivity contribution in [1.82, 2.24) is 0 Å². The average molecular weight is 138 g/mol. The normalized spacial score (nSPS) is 10.8. The maximum Gasteiger partial charge on any atom is 0.123 e. The molecule has 0 radical (unpaired) electrons. The van der Waals surface area contributed by atoms with Crippen molar-refractivity contribution >= 4 is 6.29 Å². The summed E-state index contributed by atoms with van der Waals surface area (Å²) in [5.41, 5.74) is 0. The summed E-state index contributed by atoms with van der Waals surface area (Å²) < 4.78 is 0. The first-order chi connectivity index (χ1) is 4.77. The Morgan fingerprint density at radius 2 is 2.20 bits per heavy atom. The fourth-order valence-electron chi connectivity index (χ4n) is 0.379. The first-order valence-electron chi connectivity index (χ1n) is 2.92. The standard InChI is InChI=1S/C8H10O2/c1-8(10)6-4-2-3-5-7-9/h2-4,6-7,10H,1,5H2/b3-2-,6-4-. The molecule has 0 aliphatic heterocycles. The number of hydrogen-bond donors (Lipinski definition) is 1. The molecule has 0 fully saturated rings. The maximum atomic E-state index is 9.76. The summed E-state index contributed by atoms with van der Waals surface area (Å²) in [6.45, 7) is 3.24. The van der Waals surface area contributed by atoms with Gasteiger partial charge < -0.3 is 9.90 Å². The molecule has 0 aromatic rings. The van der Waals surface area contributed by atoms with E-state index in [-0.39, 0.29) is 5.76 Å². The molecule has 54 valence electrons. The van der Waals surface area contributed by atoms with Gasteiger partial charge in [0.05, 0.1) is 0 Å². The van der Waals surface area contributed by atoms with Crippen LogP contribution in [0.2, 0.25) is 0 Å². The average Bonchev–Trinajstić information content (AvgIpc) is 1.87. The number of carbonyl (C=O) groups excluding carboxylic acids is 1. The second kappa shape index (κ2) is 5.82. The summed E-state index contributed by atoms with van der Waals surface area (Å²) in [6, 6.07) is 0. The van der Waals surface area contributed by atoms with Crippen LogP contribution in [0.5, 0.6) is 0 Å². The lowest BCUT2D eigenvalue weighted by Crippen LogP contribution is -1.66. The third-order valence-corrected chi connectivity index (χ3v) is 0.768. The molecule has 1 N–H and O–H groups in total. The van der Waals surface area contributed by atoms with Gasteiger partial charge in [0.25, 0.3) is 0 Å². The Bertz CT molecular complexity index is 166. The zero-order chi connectivity index (χ0) is 7.82. The third-order valence-electron chi connectivity index (χ3n) is 0.768. The van der Waals surface area contributed by atoms with Crippen LogP contribution < -0.4 is 0 Å². The van der Waals surface area contributed by atoms with E-state index >= 15 is 0 Å². The predicted octanol–water partition coefficient (Wildman–Crippen LogP) is 1.76. The van der Waals surface area contributed by atoms with Crippen molar-refractivity contribution in [2.45, 2.75) is 6.42 Å². The van der Waals surface area contributed by atoms with Gasteiger partial charge in [-0.3, -0.25) is 0 Å². The van der Waals surface area contributed by atoms with Gasteiger partial charge in [-0.2, -0.15) is 0 Å². The molecule has 0 aliphatic carbocycles. The van der Waals surface area contributed by atoms with Crippen LogP contribution in [0.25, 0.3) is 0 Å². The summed E-state index contributed by atoms with van der Waals surface area (Å²) in [6.07, 6.45) is 7.63. The zero-order valence-electron chi connectivity index (χ0n) is 5.66. The van der Waals surface area contributed by atoms with Crippen molar-refractivity contribution < 1.29 is 9.90 Å². The molecule has 10 heavy (non-hydrogen) atoms. The van der Waals surface area contributed by atoms with Crippen molar-refractivity contribution in [3.05, 3.63) is 36.6 Å². The molecular formula is C8H10O2. The lowest BCUT2D eigenvalue weighted by Gasteiger charge is -1.79. The molecule has 0 aliphatic rings. The minimum atomic E-state index is 0.00996. The Kier molecular flexibility index (Phi) is 5.06. The van der Waals surface area contributed by atoms with Crippen molar-refractivity contribution in [1.29, 1.82) is 0 Å². The number of aliphatic hydroxyl groups excluding tert-OH is 1. The van der Waals surface area contributed by atoms with Crippen molar-refractivity contribution in [3.8, 4) is 0 Å². The van der Waals surface area contributed by atoms with Crippen LogP contribution in [0.4, 0.5) is 0 Å². The number of hydrogen-bond acceptors (Lipinski definition) is 2. The van der Waals surface area contributed by atoms with Gasteiger partial charge in [-0.15, -0.1) is 0 Å². The molecule has 2 nitrogen and oxygen atoms in total. The minimum Gasteiger partial charge on any atom is -0.509 e. The van der Waals surface area contributed by atoms with Crippen molar-refractivity contribution in [2.24, 2.45) is 0 Å². The van der Waals surface area contributed by atoms with Gasteiger partial charge in [-0.05, 0) is 6.08 Å². The topological polar surface area (TPSA) is 37.3 Å². The van der Waals surface area contributed by atoms with E-state index in [0.717, 1.165) is 6.29 Å². The van der Waals surface area contributed by atoms with Gasteiger partial charge in [0.15, 0.2) is 0 Å². The predicted molar refractivity (Wildman–Crippen MR) is 40.7 cm³/mol. The molecule has 0 bridgehead atoms. The van der Waals surface area contributed by atoms with Gasteiger partial charge in [-0.25, -0.2) is 0 Å². The van der Waals surface area contributed by atoms with Gasteiger partial charge in [0.2, 0.25) is 0 Å². The number of allylic oxidation sites excluding steroid dienone is 4. The quantitative estimate of drug-likeness (QED) is 0.365. The van der Waals surface area contributed by atoms with Crippen LogP contribution in [0.3, 0.4) is 0 Å². The van der Waals surface area contributed by atoms with Gasteiger partial charge >= 0.3 is 0 Å². The Balaban J connectivity index is 3.51. The molecular weight excluding hydrogens is 128 g/mol. The summed E-state index contributed by atoms with van der Waals surface area (Å²) in [5, 5.41) is 8.52. The minimum absolute atomic E-state index is 0.00996. The van der Waals surface area contributed by atoms with Crippen LogP contribution >= 0.6 is 0 Å². The number of aldehydes is 1. The molecule has 0 rings (SSSR count). The second-order valence-corrected chi connectivity index (χ2v) is 1.68. The molecule has 0 saturated carbocycles. The zero-order valence-corrected chi connectivity index (χ0v) is 5.66. The summed E-state index contributed by atoms with van der Waals surface area (Å²) in [4.78, 5) is 9.76. The van der Waals surface area contributed by atoms with E-state index in [4.69, 9.17) is 5.11 Å². The summed E-state index contributed by atoms with van der Waals surface area (Å²) in [5.74, 6) is 0.00996. The Morgan fingerprint density at radius 3 is 2.70 bits per heavy atom. The molecule has 0 aromatic heterocycles. The highest BCUT2D eigenvalue weighted by Gasteiger charge is 1.72. The molecule has 0 heterocycles. The van der Waals surface area contributed by atoms with Crippen LogP contribution in [0, 0.1) is 0 Å². The molecule has 0 spiro atoms. The van der Waals surface area contributed by atoms with E-state index in [2.05, 4.69) is 6.58 Å². The molecule has 0 aromatic carbocycles. The second-order valence-electron chi connectivity index (χ2n) is 1.68. The SMILES string of the molecule is C=C(O)/C=C\C=C/CC=O. The molecule has 0 amide bonds. The lowest BCUT2D eigenvalue weighted by atomic mass is 10.3. The molecule has 0 saturated heterocycles. The lowest BCUT2D eigenvalue weighted by molar-refractivity contribution is -0.107. The van der Waals surface area contributed by atoms with E-state index in [1.807, 2.05) is 0 Å². The van der Waals surface area contributed by atoms with E-state index < -0.39 is 0 Å². The number of aliphatic hydroxyl groups is 1. The van der Waals surface area contributed by atoms with Crippen LogP contribution in [-0.4, -0.2) is 11.4 Å². The summed E-state index contributed by atoms with van der Waals surface area (Å²) >= 11 is 0. The van der Waals surface area contributed by atoms with E-state index in [1.54, 1.807) is 18.2 Å². The first-order valence-corrected chi connectivity index (χ1v) is 2.92. The first kappa shape index (κ1) is 8.69. The van der Waals surface area contributed by atoms with Crippen LogP contribution in [0.1, 0.15) is 6.42 Å². The summed E-state index contributed by atoms with van der Waals surface area (Å²) in [7, 11) is 0. The molecule has 2 heteroatoms. The van der Waals surface area contributed by atoms with E-state index in [0.29, 0.717) is 6.42 Å².